The molecule has 0 amide bonds. The van der Waals surface area contributed by atoms with Crippen molar-refractivity contribution < 1.29 is 0 Å². The summed E-state index contributed by atoms with van der Waals surface area (Å²) in [5.41, 5.74) is 5.50. The molecule has 1 aliphatic heterocycles. The number of amidine groups is 1. The molecule has 0 fully saturated rings. The van der Waals surface area contributed by atoms with Gasteiger partial charge in [0.15, 0.2) is 0 Å². The first kappa shape index (κ1) is 16.7. The number of hydrogen-bond donors (Lipinski definition) is 1. The number of nitrogens with zero attached hydrogens (tertiary/aromatic N) is 2. The van der Waals surface area contributed by atoms with Gasteiger partial charge in [0, 0.05) is 12.1 Å². The third-order valence-electron chi connectivity index (χ3n) is 3.41. The number of nitrogens with one attached hydrogen (secondary N) is 1. The average molecular weight is 305 g/mol. The lowest BCUT2D eigenvalue weighted by atomic mass is 10.1. The highest BCUT2D eigenvalue weighted by Crippen LogP contribution is 2.23. The van der Waals surface area contributed by atoms with Crippen LogP contribution in [0.1, 0.15) is 30.5 Å². The van der Waals surface area contributed by atoms with Crippen molar-refractivity contribution in [1.82, 2.24) is 0 Å². The fourth-order valence-electron chi connectivity index (χ4n) is 2.36. The summed E-state index contributed by atoms with van der Waals surface area (Å²) in [6, 6.07) is 14.4. The predicted molar refractivity (Wildman–Crippen MR) is 102 cm³/mol. The van der Waals surface area contributed by atoms with Crippen LogP contribution in [0.3, 0.4) is 0 Å². The maximum atomic E-state index is 4.41. The highest BCUT2D eigenvalue weighted by molar-refractivity contribution is 6.02. The molecule has 0 bridgehead atoms. The van der Waals surface area contributed by atoms with Crippen LogP contribution in [0.5, 0.6) is 0 Å². The molecule has 1 aliphatic rings. The van der Waals surface area contributed by atoms with E-state index >= 15 is 0 Å². The first-order chi connectivity index (χ1) is 11.2. The molecule has 23 heavy (non-hydrogen) atoms. The highest BCUT2D eigenvalue weighted by Gasteiger charge is 2.09. The van der Waals surface area contributed by atoms with E-state index in [9.17, 15) is 0 Å². The molecular formula is C20H23N3. The Kier molecular flexibility index (Phi) is 5.87. The van der Waals surface area contributed by atoms with Gasteiger partial charge in [-0.05, 0) is 36.2 Å². The Labute approximate surface area is 138 Å². The van der Waals surface area contributed by atoms with Gasteiger partial charge in [-0.2, -0.15) is 0 Å². The van der Waals surface area contributed by atoms with Crippen molar-refractivity contribution in [2.75, 3.05) is 5.32 Å². The standard InChI is InChI=1S/C18H17N3.C2H6/c1-3-14-5-4-6-16(10-14)21-18-11-15-9-13(2)7-8-17(15)19-12-20-18;1-2/h3-10,12H,1,11H2,2H3,(H,19,20,21);1-2H3. The number of aryl methyl sites for hydroxylation is 1. The van der Waals surface area contributed by atoms with E-state index in [2.05, 4.69) is 47.0 Å². The summed E-state index contributed by atoms with van der Waals surface area (Å²) in [5.74, 6) is 0.893. The van der Waals surface area contributed by atoms with Gasteiger partial charge in [0.25, 0.3) is 0 Å². The van der Waals surface area contributed by atoms with Gasteiger partial charge in [-0.3, -0.25) is 0 Å². The number of hydrogen-bond acceptors (Lipinski definition) is 3. The molecule has 2 aromatic carbocycles. The summed E-state index contributed by atoms with van der Waals surface area (Å²) >= 11 is 0. The number of anilines is 1. The third-order valence-corrected chi connectivity index (χ3v) is 3.41. The second-order valence-corrected chi connectivity index (χ2v) is 5.08. The molecular weight excluding hydrogens is 282 g/mol. The van der Waals surface area contributed by atoms with E-state index in [1.807, 2.05) is 44.2 Å². The molecule has 3 rings (SSSR count). The molecule has 0 aliphatic carbocycles. The van der Waals surface area contributed by atoms with Crippen LogP contribution in [0.2, 0.25) is 0 Å². The SMILES string of the molecule is C=Cc1cccc(NC2=NC=Nc3ccc(C)cc3C2)c1.CC. The molecule has 0 unspecified atom stereocenters. The summed E-state index contributed by atoms with van der Waals surface area (Å²) in [7, 11) is 0. The number of aliphatic imine (C=N–C) groups is 2. The molecule has 1 N–H and O–H groups in total. The smallest absolute Gasteiger partial charge is 0.118 e. The van der Waals surface area contributed by atoms with Crippen LogP contribution in [0.25, 0.3) is 6.08 Å². The summed E-state index contributed by atoms with van der Waals surface area (Å²) < 4.78 is 0. The zero-order valence-electron chi connectivity index (χ0n) is 14.0. The maximum absolute atomic E-state index is 4.41. The van der Waals surface area contributed by atoms with Crippen molar-refractivity contribution in [3.8, 4) is 0 Å². The summed E-state index contributed by atoms with van der Waals surface area (Å²) in [6.45, 7) is 9.88. The lowest BCUT2D eigenvalue weighted by Gasteiger charge is -2.10. The molecule has 0 atom stereocenters. The molecule has 0 saturated carbocycles. The van der Waals surface area contributed by atoms with Crippen LogP contribution in [0.4, 0.5) is 11.4 Å². The van der Waals surface area contributed by atoms with Crippen molar-refractivity contribution in [3.63, 3.8) is 0 Å². The van der Waals surface area contributed by atoms with Crippen LogP contribution in [-0.4, -0.2) is 12.2 Å². The molecule has 3 heteroatoms. The minimum Gasteiger partial charge on any atom is -0.343 e. The van der Waals surface area contributed by atoms with Gasteiger partial charge in [0.2, 0.25) is 0 Å². The first-order valence-corrected chi connectivity index (χ1v) is 7.93. The average Bonchev–Trinajstić information content (AvgIpc) is 2.78. The Bertz CT molecular complexity index is 742. The fourth-order valence-corrected chi connectivity index (χ4v) is 2.36. The summed E-state index contributed by atoms with van der Waals surface area (Å²) in [6.07, 6.45) is 4.19. The van der Waals surface area contributed by atoms with Crippen LogP contribution in [0.15, 0.2) is 59.0 Å². The van der Waals surface area contributed by atoms with E-state index in [1.54, 1.807) is 6.34 Å². The van der Waals surface area contributed by atoms with E-state index in [4.69, 9.17) is 0 Å². The van der Waals surface area contributed by atoms with Gasteiger partial charge in [0.05, 0.1) is 5.69 Å². The van der Waals surface area contributed by atoms with Crippen LogP contribution < -0.4 is 5.32 Å². The Morgan fingerprint density at radius 2 is 1.96 bits per heavy atom. The minimum absolute atomic E-state index is 0.745. The molecule has 118 valence electrons. The molecule has 0 saturated heterocycles. The van der Waals surface area contributed by atoms with Gasteiger partial charge in [-0.15, -0.1) is 0 Å². The zero-order chi connectivity index (χ0) is 16.7. The second kappa shape index (κ2) is 8.08. The monoisotopic (exact) mass is 305 g/mol. The van der Waals surface area contributed by atoms with Gasteiger partial charge < -0.3 is 5.32 Å². The topological polar surface area (TPSA) is 36.8 Å². The Morgan fingerprint density at radius 1 is 1.13 bits per heavy atom. The maximum Gasteiger partial charge on any atom is 0.118 e. The lowest BCUT2D eigenvalue weighted by molar-refractivity contribution is 1.28. The number of benzene rings is 2. The van der Waals surface area contributed by atoms with E-state index in [-0.39, 0.29) is 0 Å². The van der Waals surface area contributed by atoms with Crippen LogP contribution in [-0.2, 0) is 6.42 Å². The van der Waals surface area contributed by atoms with Gasteiger partial charge in [-0.1, -0.05) is 56.3 Å². The molecule has 2 aromatic rings. The Balaban J connectivity index is 0.000000924. The van der Waals surface area contributed by atoms with Crippen LogP contribution in [0, 0.1) is 6.92 Å². The van der Waals surface area contributed by atoms with Crippen molar-refractivity contribution in [1.29, 1.82) is 0 Å². The van der Waals surface area contributed by atoms with Crippen molar-refractivity contribution in [2.24, 2.45) is 9.98 Å². The summed E-state index contributed by atoms with van der Waals surface area (Å²) in [5, 5.41) is 3.37. The van der Waals surface area contributed by atoms with Crippen molar-refractivity contribution in [3.05, 3.63) is 65.7 Å². The lowest BCUT2D eigenvalue weighted by Crippen LogP contribution is -2.15. The fraction of sp³-hybridized carbons (Fsp3) is 0.200. The molecule has 0 radical (unpaired) electrons. The van der Waals surface area contributed by atoms with E-state index < -0.39 is 0 Å². The molecule has 0 spiro atoms. The highest BCUT2D eigenvalue weighted by atomic mass is 15.0. The second-order valence-electron chi connectivity index (χ2n) is 5.08. The molecule has 0 aromatic heterocycles. The Hall–Kier alpha value is -2.68. The normalized spacial score (nSPS) is 12.2. The first-order valence-electron chi connectivity index (χ1n) is 7.93. The van der Waals surface area contributed by atoms with E-state index in [0.717, 1.165) is 29.2 Å². The largest absolute Gasteiger partial charge is 0.343 e. The quantitative estimate of drug-likeness (QED) is 0.793. The number of fused-ring (bicyclic) bond motifs is 1. The predicted octanol–water partition coefficient (Wildman–Crippen LogP) is 5.39. The molecule has 3 nitrogen and oxygen atoms in total. The van der Waals surface area contributed by atoms with E-state index in [0.29, 0.717) is 0 Å². The van der Waals surface area contributed by atoms with Crippen molar-refractivity contribution >= 4 is 29.6 Å². The van der Waals surface area contributed by atoms with Crippen molar-refractivity contribution in [2.45, 2.75) is 27.2 Å². The summed E-state index contributed by atoms with van der Waals surface area (Å²) in [4.78, 5) is 8.79. The van der Waals surface area contributed by atoms with Gasteiger partial charge >= 0.3 is 0 Å². The zero-order valence-corrected chi connectivity index (χ0v) is 14.0. The van der Waals surface area contributed by atoms with E-state index in [1.165, 1.54) is 11.1 Å². The molecule has 1 heterocycles. The van der Waals surface area contributed by atoms with Gasteiger partial charge in [-0.25, -0.2) is 9.98 Å². The minimum atomic E-state index is 0.745. The van der Waals surface area contributed by atoms with Crippen LogP contribution >= 0.6 is 0 Å². The third kappa shape index (κ3) is 4.39. The van der Waals surface area contributed by atoms with Gasteiger partial charge in [0.1, 0.15) is 12.2 Å². The Morgan fingerprint density at radius 3 is 2.74 bits per heavy atom. The number of rotatable bonds is 2.